The zero-order valence-electron chi connectivity index (χ0n) is 8.37. The van der Waals surface area contributed by atoms with Crippen LogP contribution in [0, 0.1) is 6.92 Å². The molecule has 2 rings (SSSR count). The van der Waals surface area contributed by atoms with Crippen molar-refractivity contribution in [1.82, 2.24) is 0 Å². The van der Waals surface area contributed by atoms with Crippen LogP contribution >= 0.6 is 11.6 Å². The Labute approximate surface area is 93.3 Å². The number of hydrogen-bond donors (Lipinski definition) is 2. The summed E-state index contributed by atoms with van der Waals surface area (Å²) in [5, 5.41) is 12.1. The van der Waals surface area contributed by atoms with Gasteiger partial charge in [-0.05, 0) is 41.6 Å². The molecule has 1 atom stereocenters. The molecule has 0 amide bonds. The molecule has 0 radical (unpaired) electrons. The maximum atomic E-state index is 9.38. The van der Waals surface area contributed by atoms with Gasteiger partial charge in [0, 0.05) is 10.4 Å². The first-order valence-corrected chi connectivity index (χ1v) is 5.10. The summed E-state index contributed by atoms with van der Waals surface area (Å²) in [6.45, 7) is 1.91. The predicted octanol–water partition coefficient (Wildman–Crippen LogP) is 2.75. The van der Waals surface area contributed by atoms with Crippen molar-refractivity contribution >= 4 is 22.4 Å². The lowest BCUT2D eigenvalue weighted by Gasteiger charge is -2.11. The van der Waals surface area contributed by atoms with Crippen molar-refractivity contribution < 1.29 is 5.11 Å². The van der Waals surface area contributed by atoms with E-state index in [0.717, 1.165) is 21.9 Å². The number of aliphatic hydroxyl groups is 1. The molecule has 2 aromatic rings. The van der Waals surface area contributed by atoms with E-state index in [-0.39, 0.29) is 0 Å². The lowest BCUT2D eigenvalue weighted by Crippen LogP contribution is -2.10. The van der Waals surface area contributed by atoms with Crippen molar-refractivity contribution in [1.29, 1.82) is 0 Å². The smallest absolute Gasteiger partial charge is 0.128 e. The molecular formula is C12H12ClNO. The number of nitrogens with two attached hydrogens (primary N) is 1. The minimum absolute atomic E-state index is 0.716. The molecule has 2 aromatic carbocycles. The minimum Gasteiger partial charge on any atom is -0.375 e. The Morgan fingerprint density at radius 3 is 2.73 bits per heavy atom. The Hall–Kier alpha value is -1.09. The zero-order chi connectivity index (χ0) is 11.0. The van der Waals surface area contributed by atoms with Gasteiger partial charge in [0.1, 0.15) is 6.23 Å². The lowest BCUT2D eigenvalue weighted by molar-refractivity contribution is 0.185. The quantitative estimate of drug-likeness (QED) is 0.728. The minimum atomic E-state index is -0.937. The molecule has 0 fully saturated rings. The van der Waals surface area contributed by atoms with E-state index < -0.39 is 6.23 Å². The van der Waals surface area contributed by atoms with Crippen LogP contribution in [-0.4, -0.2) is 5.11 Å². The molecule has 0 spiro atoms. The first kappa shape index (κ1) is 10.4. The van der Waals surface area contributed by atoms with E-state index in [1.54, 1.807) is 0 Å². The molecule has 2 nitrogen and oxygen atoms in total. The summed E-state index contributed by atoms with van der Waals surface area (Å²) in [5.74, 6) is 0. The average molecular weight is 222 g/mol. The van der Waals surface area contributed by atoms with Gasteiger partial charge < -0.3 is 10.8 Å². The highest BCUT2D eigenvalue weighted by atomic mass is 35.5. The Morgan fingerprint density at radius 1 is 1.33 bits per heavy atom. The highest BCUT2D eigenvalue weighted by molar-refractivity contribution is 6.35. The van der Waals surface area contributed by atoms with Gasteiger partial charge in [-0.3, -0.25) is 0 Å². The van der Waals surface area contributed by atoms with Crippen molar-refractivity contribution in [2.24, 2.45) is 5.73 Å². The second-order valence-electron chi connectivity index (χ2n) is 3.61. The van der Waals surface area contributed by atoms with E-state index in [9.17, 15) is 5.11 Å². The van der Waals surface area contributed by atoms with Crippen LogP contribution in [0.25, 0.3) is 10.8 Å². The van der Waals surface area contributed by atoms with Gasteiger partial charge in [0.25, 0.3) is 0 Å². The van der Waals surface area contributed by atoms with Crippen molar-refractivity contribution in [2.45, 2.75) is 13.2 Å². The summed E-state index contributed by atoms with van der Waals surface area (Å²) in [4.78, 5) is 0. The van der Waals surface area contributed by atoms with E-state index in [4.69, 9.17) is 17.3 Å². The maximum Gasteiger partial charge on any atom is 0.128 e. The Balaban J connectivity index is 2.76. The van der Waals surface area contributed by atoms with Gasteiger partial charge in [-0.1, -0.05) is 23.7 Å². The summed E-state index contributed by atoms with van der Waals surface area (Å²) in [6.07, 6.45) is -0.937. The predicted molar refractivity (Wildman–Crippen MR) is 62.8 cm³/mol. The largest absolute Gasteiger partial charge is 0.375 e. The van der Waals surface area contributed by atoms with Crippen molar-refractivity contribution in [3.63, 3.8) is 0 Å². The SMILES string of the molecule is Cc1cc2c(Cl)cccc2cc1C(N)O. The molecule has 0 aliphatic carbocycles. The summed E-state index contributed by atoms with van der Waals surface area (Å²) in [7, 11) is 0. The van der Waals surface area contributed by atoms with Crippen molar-refractivity contribution in [3.8, 4) is 0 Å². The highest BCUT2D eigenvalue weighted by Crippen LogP contribution is 2.27. The molecule has 3 N–H and O–H groups in total. The van der Waals surface area contributed by atoms with Gasteiger partial charge in [-0.25, -0.2) is 0 Å². The molecule has 15 heavy (non-hydrogen) atoms. The van der Waals surface area contributed by atoms with Crippen molar-refractivity contribution in [2.75, 3.05) is 0 Å². The molecule has 0 aromatic heterocycles. The number of benzene rings is 2. The molecule has 0 heterocycles. The zero-order valence-corrected chi connectivity index (χ0v) is 9.12. The third kappa shape index (κ3) is 1.84. The molecule has 0 saturated carbocycles. The Morgan fingerprint density at radius 2 is 2.07 bits per heavy atom. The topological polar surface area (TPSA) is 46.2 Å². The lowest BCUT2D eigenvalue weighted by atomic mass is 10.0. The van der Waals surface area contributed by atoms with Crippen LogP contribution in [0.15, 0.2) is 30.3 Å². The second-order valence-corrected chi connectivity index (χ2v) is 4.02. The molecule has 78 valence electrons. The van der Waals surface area contributed by atoms with E-state index in [1.165, 1.54) is 0 Å². The fourth-order valence-electron chi connectivity index (χ4n) is 1.73. The fourth-order valence-corrected chi connectivity index (χ4v) is 1.97. The normalized spacial score (nSPS) is 13.1. The molecule has 0 aliphatic heterocycles. The van der Waals surface area contributed by atoms with E-state index in [0.29, 0.717) is 5.02 Å². The molecule has 0 aliphatic rings. The Kier molecular flexibility index (Phi) is 2.65. The third-order valence-electron chi connectivity index (χ3n) is 2.53. The van der Waals surface area contributed by atoms with Crippen molar-refractivity contribution in [3.05, 3.63) is 46.5 Å². The van der Waals surface area contributed by atoms with E-state index >= 15 is 0 Å². The van der Waals surface area contributed by atoms with Gasteiger partial charge in [0.2, 0.25) is 0 Å². The Bertz CT molecular complexity index is 508. The fraction of sp³-hybridized carbons (Fsp3) is 0.167. The number of aryl methyl sites for hydroxylation is 1. The molecule has 1 unspecified atom stereocenters. The molecule has 0 saturated heterocycles. The maximum absolute atomic E-state index is 9.38. The summed E-state index contributed by atoms with van der Waals surface area (Å²) in [5.41, 5.74) is 7.16. The summed E-state index contributed by atoms with van der Waals surface area (Å²) in [6, 6.07) is 9.51. The van der Waals surface area contributed by atoms with E-state index in [2.05, 4.69) is 0 Å². The highest BCUT2D eigenvalue weighted by Gasteiger charge is 2.08. The van der Waals surface area contributed by atoms with Gasteiger partial charge in [-0.15, -0.1) is 0 Å². The van der Waals surface area contributed by atoms with Crippen LogP contribution in [0.2, 0.25) is 5.02 Å². The summed E-state index contributed by atoms with van der Waals surface area (Å²) < 4.78 is 0. The van der Waals surface area contributed by atoms with Crippen LogP contribution in [0.1, 0.15) is 17.4 Å². The number of rotatable bonds is 1. The number of aliphatic hydroxyl groups excluding tert-OH is 1. The number of halogens is 1. The molecule has 3 heteroatoms. The van der Waals surface area contributed by atoms with Crippen LogP contribution in [0.3, 0.4) is 0 Å². The molecular weight excluding hydrogens is 210 g/mol. The third-order valence-corrected chi connectivity index (χ3v) is 2.86. The first-order valence-electron chi connectivity index (χ1n) is 4.72. The van der Waals surface area contributed by atoms with Gasteiger partial charge in [0.15, 0.2) is 0 Å². The van der Waals surface area contributed by atoms with Crippen LogP contribution in [-0.2, 0) is 0 Å². The standard InChI is InChI=1S/C12H12ClNO/c1-7-5-10-8(3-2-4-11(10)13)6-9(7)12(14)15/h2-6,12,15H,14H2,1H3. The van der Waals surface area contributed by atoms with Gasteiger partial charge in [-0.2, -0.15) is 0 Å². The summed E-state index contributed by atoms with van der Waals surface area (Å²) >= 11 is 6.07. The van der Waals surface area contributed by atoms with Crippen LogP contribution < -0.4 is 5.73 Å². The van der Waals surface area contributed by atoms with E-state index in [1.807, 2.05) is 37.3 Å². The average Bonchev–Trinajstić information content (AvgIpc) is 2.18. The molecule has 0 bridgehead atoms. The van der Waals surface area contributed by atoms with Crippen LogP contribution in [0.4, 0.5) is 0 Å². The second kappa shape index (κ2) is 3.81. The monoisotopic (exact) mass is 221 g/mol. The number of fused-ring (bicyclic) bond motifs is 1. The van der Waals surface area contributed by atoms with Gasteiger partial charge >= 0.3 is 0 Å². The first-order chi connectivity index (χ1) is 7.09. The van der Waals surface area contributed by atoms with Crippen LogP contribution in [0.5, 0.6) is 0 Å². The van der Waals surface area contributed by atoms with Gasteiger partial charge in [0.05, 0.1) is 0 Å². The number of hydrogen-bond acceptors (Lipinski definition) is 2.